The molecule has 0 saturated carbocycles. The SMILES string of the molecule is COc1ccc(NC(C)=O)cc1NCc1cccc(Br)n1. The predicted octanol–water partition coefficient (Wildman–Crippen LogP) is 3.42. The Balaban J connectivity index is 2.15. The van der Waals surface area contributed by atoms with Gasteiger partial charge in [0.15, 0.2) is 0 Å². The first-order chi connectivity index (χ1) is 10.1. The van der Waals surface area contributed by atoms with Gasteiger partial charge in [0, 0.05) is 12.6 Å². The van der Waals surface area contributed by atoms with Crippen LogP contribution in [0.25, 0.3) is 0 Å². The van der Waals surface area contributed by atoms with Gasteiger partial charge < -0.3 is 15.4 Å². The molecule has 0 unspecified atom stereocenters. The minimum absolute atomic E-state index is 0.111. The van der Waals surface area contributed by atoms with Crippen LogP contribution in [0.3, 0.4) is 0 Å². The van der Waals surface area contributed by atoms with Gasteiger partial charge in [0.2, 0.25) is 5.91 Å². The Hall–Kier alpha value is -2.08. The number of methoxy groups -OCH3 is 1. The second-order valence-electron chi connectivity index (χ2n) is 4.40. The Bertz CT molecular complexity index is 647. The van der Waals surface area contributed by atoms with Crippen molar-refractivity contribution in [1.29, 1.82) is 0 Å². The lowest BCUT2D eigenvalue weighted by Gasteiger charge is -2.13. The molecule has 21 heavy (non-hydrogen) atoms. The molecule has 0 bridgehead atoms. The van der Waals surface area contributed by atoms with Crippen molar-refractivity contribution in [3.8, 4) is 5.75 Å². The van der Waals surface area contributed by atoms with Gasteiger partial charge in [0.1, 0.15) is 10.4 Å². The number of nitrogens with one attached hydrogen (secondary N) is 2. The minimum atomic E-state index is -0.111. The Morgan fingerprint density at radius 2 is 2.14 bits per heavy atom. The fourth-order valence-corrected chi connectivity index (χ4v) is 2.24. The standard InChI is InChI=1S/C15H16BrN3O2/c1-10(20)18-11-6-7-14(21-2)13(8-11)17-9-12-4-3-5-15(16)19-12/h3-8,17H,9H2,1-2H3,(H,18,20). The van der Waals surface area contributed by atoms with Gasteiger partial charge in [-0.05, 0) is 46.3 Å². The summed E-state index contributed by atoms with van der Waals surface area (Å²) in [5.41, 5.74) is 2.41. The van der Waals surface area contributed by atoms with Gasteiger partial charge in [-0.1, -0.05) is 6.07 Å². The summed E-state index contributed by atoms with van der Waals surface area (Å²) in [4.78, 5) is 15.5. The van der Waals surface area contributed by atoms with E-state index in [4.69, 9.17) is 4.74 Å². The number of aromatic nitrogens is 1. The molecule has 2 aromatic rings. The first-order valence-electron chi connectivity index (χ1n) is 6.39. The molecular formula is C15H16BrN3O2. The third-order valence-corrected chi connectivity index (χ3v) is 3.19. The Kier molecular flexibility index (Phi) is 5.16. The van der Waals surface area contributed by atoms with Crippen molar-refractivity contribution in [2.24, 2.45) is 0 Å². The van der Waals surface area contributed by atoms with Gasteiger partial charge in [-0.2, -0.15) is 0 Å². The second-order valence-corrected chi connectivity index (χ2v) is 5.21. The number of rotatable bonds is 5. The van der Waals surface area contributed by atoms with Crippen molar-refractivity contribution < 1.29 is 9.53 Å². The van der Waals surface area contributed by atoms with Crippen LogP contribution in [0.5, 0.6) is 5.75 Å². The molecular weight excluding hydrogens is 334 g/mol. The highest BCUT2D eigenvalue weighted by atomic mass is 79.9. The summed E-state index contributed by atoms with van der Waals surface area (Å²) in [6.45, 7) is 2.03. The maximum Gasteiger partial charge on any atom is 0.221 e. The lowest BCUT2D eigenvalue weighted by Crippen LogP contribution is -2.07. The van der Waals surface area contributed by atoms with Gasteiger partial charge in [0.25, 0.3) is 0 Å². The fraction of sp³-hybridized carbons (Fsp3) is 0.200. The average Bonchev–Trinajstić information content (AvgIpc) is 2.45. The minimum Gasteiger partial charge on any atom is -0.495 e. The van der Waals surface area contributed by atoms with Crippen LogP contribution in [0.2, 0.25) is 0 Å². The lowest BCUT2D eigenvalue weighted by atomic mass is 10.2. The Labute approximate surface area is 131 Å². The number of amides is 1. The van der Waals surface area contributed by atoms with Gasteiger partial charge in [-0.3, -0.25) is 4.79 Å². The van der Waals surface area contributed by atoms with Crippen LogP contribution in [-0.2, 0) is 11.3 Å². The van der Waals surface area contributed by atoms with Crippen LogP contribution < -0.4 is 15.4 Å². The van der Waals surface area contributed by atoms with E-state index in [0.29, 0.717) is 18.0 Å². The van der Waals surface area contributed by atoms with Crippen molar-refractivity contribution in [1.82, 2.24) is 4.98 Å². The van der Waals surface area contributed by atoms with Crippen molar-refractivity contribution in [3.63, 3.8) is 0 Å². The smallest absolute Gasteiger partial charge is 0.221 e. The van der Waals surface area contributed by atoms with E-state index in [2.05, 4.69) is 31.5 Å². The van der Waals surface area contributed by atoms with Gasteiger partial charge >= 0.3 is 0 Å². The molecule has 5 nitrogen and oxygen atoms in total. The molecule has 0 spiro atoms. The van der Waals surface area contributed by atoms with Gasteiger partial charge in [-0.15, -0.1) is 0 Å². The number of ether oxygens (including phenoxy) is 1. The summed E-state index contributed by atoms with van der Waals surface area (Å²) in [5, 5.41) is 6.01. The van der Waals surface area contributed by atoms with E-state index in [9.17, 15) is 4.79 Å². The van der Waals surface area contributed by atoms with E-state index < -0.39 is 0 Å². The molecule has 2 N–H and O–H groups in total. The van der Waals surface area contributed by atoms with E-state index in [1.807, 2.05) is 30.3 Å². The topological polar surface area (TPSA) is 63.2 Å². The number of hydrogen-bond donors (Lipinski definition) is 2. The molecule has 0 aliphatic rings. The molecule has 0 radical (unpaired) electrons. The molecule has 0 aliphatic carbocycles. The van der Waals surface area contributed by atoms with Crippen LogP contribution in [0, 0.1) is 0 Å². The molecule has 1 aromatic heterocycles. The van der Waals surface area contributed by atoms with Crippen molar-refractivity contribution in [2.75, 3.05) is 17.7 Å². The third-order valence-electron chi connectivity index (χ3n) is 2.75. The number of anilines is 2. The highest BCUT2D eigenvalue weighted by molar-refractivity contribution is 9.10. The van der Waals surface area contributed by atoms with Crippen LogP contribution in [-0.4, -0.2) is 18.0 Å². The monoisotopic (exact) mass is 349 g/mol. The molecule has 1 aromatic carbocycles. The number of carbonyl (C=O) groups excluding carboxylic acids is 1. The number of halogens is 1. The molecule has 6 heteroatoms. The highest BCUT2D eigenvalue weighted by Gasteiger charge is 2.06. The largest absolute Gasteiger partial charge is 0.495 e. The highest BCUT2D eigenvalue weighted by Crippen LogP contribution is 2.28. The molecule has 0 fully saturated rings. The van der Waals surface area contributed by atoms with E-state index in [1.54, 1.807) is 13.2 Å². The van der Waals surface area contributed by atoms with Crippen molar-refractivity contribution in [3.05, 3.63) is 46.7 Å². The third kappa shape index (κ3) is 4.46. The van der Waals surface area contributed by atoms with E-state index in [1.165, 1.54) is 6.92 Å². The Morgan fingerprint density at radius 1 is 1.33 bits per heavy atom. The lowest BCUT2D eigenvalue weighted by molar-refractivity contribution is -0.114. The van der Waals surface area contributed by atoms with Crippen molar-refractivity contribution >= 4 is 33.2 Å². The normalized spacial score (nSPS) is 10.0. The van der Waals surface area contributed by atoms with Gasteiger partial charge in [0.05, 0.1) is 25.0 Å². The molecule has 2 rings (SSSR count). The summed E-state index contributed by atoms with van der Waals surface area (Å²) in [6.07, 6.45) is 0. The maximum atomic E-state index is 11.1. The average molecular weight is 350 g/mol. The number of hydrogen-bond acceptors (Lipinski definition) is 4. The molecule has 0 saturated heterocycles. The van der Waals surface area contributed by atoms with Crippen molar-refractivity contribution in [2.45, 2.75) is 13.5 Å². The molecule has 0 atom stereocenters. The first kappa shape index (κ1) is 15.3. The van der Waals surface area contributed by atoms with Crippen LogP contribution in [0.15, 0.2) is 41.0 Å². The zero-order chi connectivity index (χ0) is 15.2. The molecule has 1 amide bonds. The van der Waals surface area contributed by atoms with Gasteiger partial charge in [-0.25, -0.2) is 4.98 Å². The number of nitrogens with zero attached hydrogens (tertiary/aromatic N) is 1. The summed E-state index contributed by atoms with van der Waals surface area (Å²) in [7, 11) is 1.61. The predicted molar refractivity (Wildman–Crippen MR) is 86.6 cm³/mol. The maximum absolute atomic E-state index is 11.1. The summed E-state index contributed by atoms with van der Waals surface area (Å²) in [6, 6.07) is 11.2. The fourth-order valence-electron chi connectivity index (χ4n) is 1.86. The zero-order valence-corrected chi connectivity index (χ0v) is 13.4. The zero-order valence-electron chi connectivity index (χ0n) is 11.8. The molecule has 110 valence electrons. The summed E-state index contributed by atoms with van der Waals surface area (Å²) in [5.74, 6) is 0.596. The van der Waals surface area contributed by atoms with E-state index >= 15 is 0 Å². The quantitative estimate of drug-likeness (QED) is 0.811. The van der Waals surface area contributed by atoms with Crippen LogP contribution >= 0.6 is 15.9 Å². The number of pyridine rings is 1. The number of carbonyl (C=O) groups is 1. The number of benzene rings is 1. The molecule has 1 heterocycles. The summed E-state index contributed by atoms with van der Waals surface area (Å²) >= 11 is 3.34. The van der Waals surface area contributed by atoms with Crippen LogP contribution in [0.1, 0.15) is 12.6 Å². The Morgan fingerprint density at radius 3 is 2.81 bits per heavy atom. The summed E-state index contributed by atoms with van der Waals surface area (Å²) < 4.78 is 6.10. The first-order valence-corrected chi connectivity index (χ1v) is 7.18. The molecule has 0 aliphatic heterocycles. The van der Waals surface area contributed by atoms with Crippen LogP contribution in [0.4, 0.5) is 11.4 Å². The van der Waals surface area contributed by atoms with E-state index in [-0.39, 0.29) is 5.91 Å². The van der Waals surface area contributed by atoms with E-state index in [0.717, 1.165) is 16.0 Å². The second kappa shape index (κ2) is 7.08.